The van der Waals surface area contributed by atoms with Crippen LogP contribution in [0.15, 0.2) is 12.5 Å². The zero-order chi connectivity index (χ0) is 15.4. The molecule has 0 bridgehead atoms. The molecule has 0 atom stereocenters. The molecular weight excluding hydrogens is 274 g/mol. The van der Waals surface area contributed by atoms with Crippen LogP contribution in [0.2, 0.25) is 0 Å². The highest BCUT2D eigenvalue weighted by molar-refractivity contribution is 5.96. The molecule has 2 heterocycles. The second-order valence-corrected chi connectivity index (χ2v) is 4.53. The molecule has 112 valence electrons. The summed E-state index contributed by atoms with van der Waals surface area (Å²) in [7, 11) is 1.30. The molecule has 2 aromatic rings. The van der Waals surface area contributed by atoms with Gasteiger partial charge in [-0.3, -0.25) is 9.59 Å². The van der Waals surface area contributed by atoms with Crippen molar-refractivity contribution in [3.05, 3.63) is 23.8 Å². The third kappa shape index (κ3) is 2.99. The second-order valence-electron chi connectivity index (χ2n) is 4.53. The van der Waals surface area contributed by atoms with E-state index in [9.17, 15) is 9.59 Å². The van der Waals surface area contributed by atoms with Crippen LogP contribution in [0.5, 0.6) is 0 Å². The van der Waals surface area contributed by atoms with E-state index in [-0.39, 0.29) is 12.5 Å². The van der Waals surface area contributed by atoms with E-state index < -0.39 is 5.97 Å². The van der Waals surface area contributed by atoms with E-state index in [0.717, 1.165) is 6.42 Å². The summed E-state index contributed by atoms with van der Waals surface area (Å²) in [5, 5.41) is 4.02. The first-order valence-corrected chi connectivity index (χ1v) is 6.60. The van der Waals surface area contributed by atoms with Crippen molar-refractivity contribution < 1.29 is 14.3 Å². The summed E-state index contributed by atoms with van der Waals surface area (Å²) in [6.45, 7) is 4.07. The molecule has 8 heteroatoms. The van der Waals surface area contributed by atoms with Crippen molar-refractivity contribution >= 4 is 17.7 Å². The Hall–Kier alpha value is -2.51. The van der Waals surface area contributed by atoms with Crippen LogP contribution in [-0.4, -0.2) is 56.6 Å². The number of rotatable bonds is 5. The van der Waals surface area contributed by atoms with Gasteiger partial charge in [0.2, 0.25) is 0 Å². The molecule has 0 fully saturated rings. The van der Waals surface area contributed by atoms with Gasteiger partial charge >= 0.3 is 5.97 Å². The molecule has 0 saturated heterocycles. The highest BCUT2D eigenvalue weighted by Gasteiger charge is 2.22. The monoisotopic (exact) mass is 291 g/mol. The summed E-state index contributed by atoms with van der Waals surface area (Å²) >= 11 is 0. The molecule has 0 saturated carbocycles. The first-order chi connectivity index (χ1) is 10.1. The molecule has 0 unspecified atom stereocenters. The van der Waals surface area contributed by atoms with Crippen LogP contribution in [0.1, 0.15) is 29.4 Å². The van der Waals surface area contributed by atoms with Crippen molar-refractivity contribution in [1.29, 1.82) is 0 Å². The van der Waals surface area contributed by atoms with E-state index in [4.69, 9.17) is 0 Å². The number of ether oxygens (including phenoxy) is 1. The van der Waals surface area contributed by atoms with Crippen LogP contribution >= 0.6 is 0 Å². The summed E-state index contributed by atoms with van der Waals surface area (Å²) in [5.74, 6) is -0.298. The molecule has 0 N–H and O–H groups in total. The van der Waals surface area contributed by atoms with Gasteiger partial charge < -0.3 is 9.64 Å². The van der Waals surface area contributed by atoms with E-state index in [1.807, 2.05) is 6.92 Å². The number of aromatic nitrogens is 4. The summed E-state index contributed by atoms with van der Waals surface area (Å²) in [6, 6.07) is 0. The smallest absolute Gasteiger partial charge is 0.325 e. The fraction of sp³-hybridized carbons (Fsp3) is 0.462. The molecule has 1 amide bonds. The first kappa shape index (κ1) is 14.9. The van der Waals surface area contributed by atoms with Gasteiger partial charge in [0.15, 0.2) is 0 Å². The molecule has 21 heavy (non-hydrogen) atoms. The van der Waals surface area contributed by atoms with Crippen molar-refractivity contribution in [3.63, 3.8) is 0 Å². The largest absolute Gasteiger partial charge is 0.468 e. The van der Waals surface area contributed by atoms with E-state index in [2.05, 4.69) is 19.8 Å². The van der Waals surface area contributed by atoms with Crippen LogP contribution in [0.3, 0.4) is 0 Å². The highest BCUT2D eigenvalue weighted by Crippen LogP contribution is 2.11. The van der Waals surface area contributed by atoms with Crippen molar-refractivity contribution in [2.75, 3.05) is 20.2 Å². The average Bonchev–Trinajstić information content (AvgIpc) is 2.95. The lowest BCUT2D eigenvalue weighted by Crippen LogP contribution is -2.37. The summed E-state index contributed by atoms with van der Waals surface area (Å²) < 4.78 is 6.12. The molecule has 0 radical (unpaired) electrons. The third-order valence-electron chi connectivity index (χ3n) is 3.11. The number of carbonyl (C=O) groups is 2. The standard InChI is InChI=1S/C13H17N5O3/c1-4-5-17(7-11(19)21-3)12(20)10-6-14-13-15-8-16-18(13)9(10)2/h6,8H,4-5,7H2,1-3H3. The van der Waals surface area contributed by atoms with Gasteiger partial charge in [-0.25, -0.2) is 9.50 Å². The summed E-state index contributed by atoms with van der Waals surface area (Å²) in [4.78, 5) is 33.5. The third-order valence-corrected chi connectivity index (χ3v) is 3.11. The molecule has 2 aromatic heterocycles. The van der Waals surface area contributed by atoms with Crippen LogP contribution in [-0.2, 0) is 9.53 Å². The van der Waals surface area contributed by atoms with E-state index in [0.29, 0.717) is 23.6 Å². The maximum atomic E-state index is 12.6. The first-order valence-electron chi connectivity index (χ1n) is 6.60. The van der Waals surface area contributed by atoms with Gasteiger partial charge in [0.05, 0.1) is 18.4 Å². The van der Waals surface area contributed by atoms with Crippen molar-refractivity contribution in [1.82, 2.24) is 24.5 Å². The maximum Gasteiger partial charge on any atom is 0.325 e. The quantitative estimate of drug-likeness (QED) is 0.743. The molecule has 0 spiro atoms. The average molecular weight is 291 g/mol. The SMILES string of the molecule is CCCN(CC(=O)OC)C(=O)c1cnc2ncnn2c1C. The number of esters is 1. The Morgan fingerprint density at radius 3 is 2.81 bits per heavy atom. The minimum absolute atomic E-state index is 0.0853. The van der Waals surface area contributed by atoms with Gasteiger partial charge in [-0.2, -0.15) is 10.1 Å². The Bertz CT molecular complexity index is 667. The lowest BCUT2D eigenvalue weighted by atomic mass is 10.2. The summed E-state index contributed by atoms with van der Waals surface area (Å²) in [5.41, 5.74) is 1.03. The topological polar surface area (TPSA) is 89.7 Å². The van der Waals surface area contributed by atoms with Crippen LogP contribution in [0, 0.1) is 6.92 Å². The predicted molar refractivity (Wildman–Crippen MR) is 73.7 cm³/mol. The van der Waals surface area contributed by atoms with Crippen molar-refractivity contribution in [2.45, 2.75) is 20.3 Å². The number of hydrogen-bond acceptors (Lipinski definition) is 6. The fourth-order valence-corrected chi connectivity index (χ4v) is 2.01. The summed E-state index contributed by atoms with van der Waals surface area (Å²) in [6.07, 6.45) is 3.57. The highest BCUT2D eigenvalue weighted by atomic mass is 16.5. The van der Waals surface area contributed by atoms with Gasteiger partial charge in [0.25, 0.3) is 11.7 Å². The number of aryl methyl sites for hydroxylation is 1. The fourth-order valence-electron chi connectivity index (χ4n) is 2.01. The molecular formula is C13H17N5O3. The number of methoxy groups -OCH3 is 1. The van der Waals surface area contributed by atoms with Crippen molar-refractivity contribution in [3.8, 4) is 0 Å². The molecule has 0 aliphatic carbocycles. The Kier molecular flexibility index (Phi) is 4.46. The van der Waals surface area contributed by atoms with Gasteiger partial charge in [-0.15, -0.1) is 0 Å². The van der Waals surface area contributed by atoms with Crippen LogP contribution < -0.4 is 0 Å². The maximum absolute atomic E-state index is 12.6. The zero-order valence-corrected chi connectivity index (χ0v) is 12.2. The molecule has 0 aliphatic heterocycles. The predicted octanol–water partition coefficient (Wildman–Crippen LogP) is 0.458. The Morgan fingerprint density at radius 2 is 2.14 bits per heavy atom. The number of hydrogen-bond donors (Lipinski definition) is 0. The van der Waals surface area contributed by atoms with Crippen molar-refractivity contribution in [2.24, 2.45) is 0 Å². The van der Waals surface area contributed by atoms with E-state index >= 15 is 0 Å². The molecule has 2 rings (SSSR count). The minimum Gasteiger partial charge on any atom is -0.468 e. The lowest BCUT2D eigenvalue weighted by molar-refractivity contribution is -0.141. The lowest BCUT2D eigenvalue weighted by Gasteiger charge is -2.21. The zero-order valence-electron chi connectivity index (χ0n) is 12.2. The van der Waals surface area contributed by atoms with Gasteiger partial charge in [-0.1, -0.05) is 6.92 Å². The van der Waals surface area contributed by atoms with Gasteiger partial charge in [0, 0.05) is 12.7 Å². The number of nitrogens with zero attached hydrogens (tertiary/aromatic N) is 5. The van der Waals surface area contributed by atoms with E-state index in [1.165, 1.54) is 29.0 Å². The number of carbonyl (C=O) groups excluding carboxylic acids is 2. The molecule has 8 nitrogen and oxygen atoms in total. The van der Waals surface area contributed by atoms with Crippen LogP contribution in [0.4, 0.5) is 0 Å². The molecule has 0 aromatic carbocycles. The van der Waals surface area contributed by atoms with Gasteiger partial charge in [-0.05, 0) is 13.3 Å². The van der Waals surface area contributed by atoms with Crippen LogP contribution in [0.25, 0.3) is 5.78 Å². The number of fused-ring (bicyclic) bond motifs is 1. The Balaban J connectivity index is 2.33. The van der Waals surface area contributed by atoms with E-state index in [1.54, 1.807) is 6.92 Å². The Labute approximate surface area is 121 Å². The molecule has 0 aliphatic rings. The second kappa shape index (κ2) is 6.29. The number of amides is 1. The van der Waals surface area contributed by atoms with Gasteiger partial charge in [0.1, 0.15) is 12.9 Å². The Morgan fingerprint density at radius 1 is 1.38 bits per heavy atom. The minimum atomic E-state index is -0.454. The normalized spacial score (nSPS) is 10.6.